The molecular formula is C21H20ClN3O4S. The monoisotopic (exact) mass is 445 g/mol. The van der Waals surface area contributed by atoms with E-state index in [1.165, 1.54) is 18.4 Å². The molecule has 0 radical (unpaired) electrons. The minimum Gasteiger partial charge on any atom is -0.495 e. The van der Waals surface area contributed by atoms with Gasteiger partial charge >= 0.3 is 0 Å². The maximum absolute atomic E-state index is 12.8. The standard InChI is InChI=1S/C21H20ClN3O4S/c1-3-29-14-5-6-15-18(10-14)30-21(23-15)24-20(27)12-8-19(26)25(11-12)16-9-13(22)4-7-17(16)28-2/h4-7,9-10,12H,3,8,11H2,1-2H3,(H,23,24,27). The second-order valence-corrected chi connectivity index (χ2v) is 8.26. The lowest BCUT2D eigenvalue weighted by Crippen LogP contribution is -2.28. The van der Waals surface area contributed by atoms with E-state index in [4.69, 9.17) is 21.1 Å². The number of nitrogens with zero attached hydrogens (tertiary/aromatic N) is 2. The van der Waals surface area contributed by atoms with Crippen LogP contribution in [0.3, 0.4) is 0 Å². The van der Waals surface area contributed by atoms with Crippen LogP contribution in [-0.4, -0.2) is 37.1 Å². The van der Waals surface area contributed by atoms with Crippen LogP contribution in [-0.2, 0) is 9.59 Å². The van der Waals surface area contributed by atoms with Gasteiger partial charge < -0.3 is 19.7 Å². The van der Waals surface area contributed by atoms with Gasteiger partial charge in [0.1, 0.15) is 11.5 Å². The zero-order valence-corrected chi connectivity index (χ0v) is 18.0. The molecule has 2 heterocycles. The Hall–Kier alpha value is -2.84. The number of ether oxygens (including phenoxy) is 2. The van der Waals surface area contributed by atoms with Crippen LogP contribution in [0, 0.1) is 5.92 Å². The summed E-state index contributed by atoms with van der Waals surface area (Å²) in [6, 6.07) is 10.7. The summed E-state index contributed by atoms with van der Waals surface area (Å²) >= 11 is 7.46. The van der Waals surface area contributed by atoms with E-state index in [1.807, 2.05) is 25.1 Å². The third kappa shape index (κ3) is 4.06. The van der Waals surface area contributed by atoms with Gasteiger partial charge in [-0.15, -0.1) is 0 Å². The summed E-state index contributed by atoms with van der Waals surface area (Å²) in [7, 11) is 1.53. The molecule has 0 aliphatic carbocycles. The molecule has 1 aromatic heterocycles. The van der Waals surface area contributed by atoms with Crippen molar-refractivity contribution in [3.05, 3.63) is 41.4 Å². The largest absolute Gasteiger partial charge is 0.495 e. The van der Waals surface area contributed by atoms with Gasteiger partial charge in [0.05, 0.1) is 35.5 Å². The maximum atomic E-state index is 12.8. The number of anilines is 2. The Balaban J connectivity index is 1.49. The second kappa shape index (κ2) is 8.49. The molecule has 2 aromatic carbocycles. The number of rotatable bonds is 6. The van der Waals surface area contributed by atoms with Crippen molar-refractivity contribution in [2.75, 3.05) is 30.5 Å². The van der Waals surface area contributed by atoms with Gasteiger partial charge in [-0.3, -0.25) is 9.59 Å². The molecule has 1 aliphatic rings. The maximum Gasteiger partial charge on any atom is 0.231 e. The van der Waals surface area contributed by atoms with E-state index in [1.54, 1.807) is 23.1 Å². The van der Waals surface area contributed by atoms with E-state index in [0.29, 0.717) is 28.2 Å². The zero-order chi connectivity index (χ0) is 21.3. The Morgan fingerprint density at radius 3 is 2.93 bits per heavy atom. The molecule has 1 atom stereocenters. The van der Waals surface area contributed by atoms with Crippen molar-refractivity contribution < 1.29 is 19.1 Å². The van der Waals surface area contributed by atoms with Crippen LogP contribution in [0.5, 0.6) is 11.5 Å². The molecule has 1 aliphatic heterocycles. The van der Waals surface area contributed by atoms with E-state index in [-0.39, 0.29) is 24.8 Å². The predicted molar refractivity (Wildman–Crippen MR) is 118 cm³/mol. The summed E-state index contributed by atoms with van der Waals surface area (Å²) in [5, 5.41) is 3.84. The quantitative estimate of drug-likeness (QED) is 0.610. The van der Waals surface area contributed by atoms with Crippen molar-refractivity contribution in [3.8, 4) is 11.5 Å². The Morgan fingerprint density at radius 1 is 1.33 bits per heavy atom. The van der Waals surface area contributed by atoms with Crippen molar-refractivity contribution in [1.29, 1.82) is 0 Å². The molecule has 0 spiro atoms. The number of methoxy groups -OCH3 is 1. The molecule has 0 bridgehead atoms. The minimum absolute atomic E-state index is 0.112. The number of benzene rings is 2. The van der Waals surface area contributed by atoms with Crippen LogP contribution in [0.25, 0.3) is 10.2 Å². The number of thiazole rings is 1. The minimum atomic E-state index is -0.493. The first-order valence-corrected chi connectivity index (χ1v) is 10.7. The fourth-order valence-electron chi connectivity index (χ4n) is 3.41. The topological polar surface area (TPSA) is 80.8 Å². The third-order valence-electron chi connectivity index (χ3n) is 4.83. The van der Waals surface area contributed by atoms with Gasteiger partial charge in [0.2, 0.25) is 11.8 Å². The normalized spacial score (nSPS) is 16.2. The van der Waals surface area contributed by atoms with E-state index in [0.717, 1.165) is 16.0 Å². The van der Waals surface area contributed by atoms with Crippen LogP contribution in [0.2, 0.25) is 5.02 Å². The van der Waals surface area contributed by atoms with E-state index in [2.05, 4.69) is 10.3 Å². The first-order valence-electron chi connectivity index (χ1n) is 9.46. The smallest absolute Gasteiger partial charge is 0.231 e. The van der Waals surface area contributed by atoms with Gasteiger partial charge in [0.15, 0.2) is 5.13 Å². The third-order valence-corrected chi connectivity index (χ3v) is 6.00. The van der Waals surface area contributed by atoms with Crippen LogP contribution in [0.15, 0.2) is 36.4 Å². The van der Waals surface area contributed by atoms with Gasteiger partial charge in [0, 0.05) is 18.0 Å². The fourth-order valence-corrected chi connectivity index (χ4v) is 4.48. The van der Waals surface area contributed by atoms with Gasteiger partial charge in [-0.05, 0) is 43.3 Å². The molecule has 1 saturated heterocycles. The summed E-state index contributed by atoms with van der Waals surface area (Å²) in [5.41, 5.74) is 1.35. The van der Waals surface area contributed by atoms with Crippen molar-refractivity contribution in [2.24, 2.45) is 5.92 Å². The summed E-state index contributed by atoms with van der Waals surface area (Å²) in [4.78, 5) is 31.4. The summed E-state index contributed by atoms with van der Waals surface area (Å²) in [6.07, 6.45) is 0.112. The number of nitrogens with one attached hydrogen (secondary N) is 1. The number of hydrogen-bond donors (Lipinski definition) is 1. The molecular weight excluding hydrogens is 426 g/mol. The van der Waals surface area contributed by atoms with Gasteiger partial charge in [-0.1, -0.05) is 22.9 Å². The molecule has 4 rings (SSSR count). The predicted octanol–water partition coefficient (Wildman–Crippen LogP) is 4.35. The molecule has 2 amide bonds. The van der Waals surface area contributed by atoms with Crippen molar-refractivity contribution in [3.63, 3.8) is 0 Å². The number of carbonyl (C=O) groups is 2. The molecule has 3 aromatic rings. The van der Waals surface area contributed by atoms with Crippen LogP contribution in [0.4, 0.5) is 10.8 Å². The van der Waals surface area contributed by atoms with Crippen LogP contribution < -0.4 is 19.7 Å². The Morgan fingerprint density at radius 2 is 2.17 bits per heavy atom. The van der Waals surface area contributed by atoms with E-state index < -0.39 is 5.92 Å². The molecule has 30 heavy (non-hydrogen) atoms. The summed E-state index contributed by atoms with van der Waals surface area (Å²) < 4.78 is 11.8. The Labute approximate surface area is 182 Å². The van der Waals surface area contributed by atoms with Gasteiger partial charge in [0.25, 0.3) is 0 Å². The first kappa shape index (κ1) is 20.4. The average molecular weight is 446 g/mol. The highest BCUT2D eigenvalue weighted by molar-refractivity contribution is 7.22. The molecule has 1 fully saturated rings. The summed E-state index contributed by atoms with van der Waals surface area (Å²) in [6.45, 7) is 2.76. The lowest BCUT2D eigenvalue weighted by Gasteiger charge is -2.19. The zero-order valence-electron chi connectivity index (χ0n) is 16.5. The number of halogens is 1. The summed E-state index contributed by atoms with van der Waals surface area (Å²) in [5.74, 6) is 0.411. The Bertz CT molecular complexity index is 1120. The van der Waals surface area contributed by atoms with Gasteiger partial charge in [-0.2, -0.15) is 0 Å². The number of carbonyl (C=O) groups excluding carboxylic acids is 2. The van der Waals surface area contributed by atoms with Gasteiger partial charge in [-0.25, -0.2) is 4.98 Å². The highest BCUT2D eigenvalue weighted by atomic mass is 35.5. The first-order chi connectivity index (χ1) is 14.5. The average Bonchev–Trinajstić information content (AvgIpc) is 3.30. The highest BCUT2D eigenvalue weighted by Gasteiger charge is 2.36. The molecule has 1 unspecified atom stereocenters. The fraction of sp³-hybridized carbons (Fsp3) is 0.286. The van der Waals surface area contributed by atoms with Crippen molar-refractivity contribution in [1.82, 2.24) is 4.98 Å². The number of fused-ring (bicyclic) bond motifs is 1. The highest BCUT2D eigenvalue weighted by Crippen LogP contribution is 2.36. The van der Waals surface area contributed by atoms with Crippen molar-refractivity contribution >= 4 is 55.8 Å². The molecule has 0 saturated carbocycles. The lowest BCUT2D eigenvalue weighted by atomic mass is 10.1. The molecule has 7 nitrogen and oxygen atoms in total. The van der Waals surface area contributed by atoms with Crippen LogP contribution >= 0.6 is 22.9 Å². The van der Waals surface area contributed by atoms with E-state index in [9.17, 15) is 9.59 Å². The number of aromatic nitrogens is 1. The second-order valence-electron chi connectivity index (χ2n) is 6.79. The molecule has 9 heteroatoms. The molecule has 156 valence electrons. The molecule has 1 N–H and O–H groups in total. The number of hydrogen-bond acceptors (Lipinski definition) is 6. The van der Waals surface area contributed by atoms with E-state index >= 15 is 0 Å². The Kier molecular flexibility index (Phi) is 5.78. The SMILES string of the molecule is CCOc1ccc2nc(NC(=O)C3CC(=O)N(c4cc(Cl)ccc4OC)C3)sc2c1. The number of amides is 2. The lowest BCUT2D eigenvalue weighted by molar-refractivity contribution is -0.122. The van der Waals surface area contributed by atoms with Crippen LogP contribution in [0.1, 0.15) is 13.3 Å². The van der Waals surface area contributed by atoms with Crippen molar-refractivity contribution in [2.45, 2.75) is 13.3 Å².